The Morgan fingerprint density at radius 1 is 1.02 bits per heavy atom. The number of alkyl halides is 1. The highest BCUT2D eigenvalue weighted by atomic mass is 35.5. The van der Waals surface area contributed by atoms with Gasteiger partial charge in [0.2, 0.25) is 11.8 Å². The largest absolute Gasteiger partial charge is 0.493 e. The van der Waals surface area contributed by atoms with Gasteiger partial charge in [0.25, 0.3) is 6.47 Å². The molecule has 1 aliphatic rings. The van der Waals surface area contributed by atoms with E-state index in [2.05, 4.69) is 63.1 Å². The number of hydrogen-bond donors (Lipinski definition) is 4. The third kappa shape index (κ3) is 14.7. The Kier molecular flexibility index (Phi) is 20.8. The second-order valence-electron chi connectivity index (χ2n) is 12.4. The minimum absolute atomic E-state index is 0.0226. The van der Waals surface area contributed by atoms with E-state index in [1.807, 2.05) is 24.3 Å². The predicted molar refractivity (Wildman–Crippen MR) is 213 cm³/mol. The van der Waals surface area contributed by atoms with E-state index in [9.17, 15) is 19.2 Å². The van der Waals surface area contributed by atoms with Crippen LogP contribution >= 0.6 is 11.6 Å². The highest BCUT2D eigenvalue weighted by molar-refractivity contribution is 6.17. The molecule has 4 rings (SSSR count). The van der Waals surface area contributed by atoms with E-state index in [-0.39, 0.29) is 37.0 Å². The summed E-state index contributed by atoms with van der Waals surface area (Å²) in [5.74, 6) is 1.08. The number of hydrogen-bond acceptors (Lipinski definition) is 11. The van der Waals surface area contributed by atoms with Crippen LogP contribution in [-0.2, 0) is 42.8 Å². The molecule has 4 N–H and O–H groups in total. The zero-order valence-electron chi connectivity index (χ0n) is 32.0. The van der Waals surface area contributed by atoms with E-state index in [1.54, 1.807) is 33.2 Å². The average Bonchev–Trinajstić information content (AvgIpc) is 3.52. The summed E-state index contributed by atoms with van der Waals surface area (Å²) in [4.78, 5) is 56.1. The van der Waals surface area contributed by atoms with Gasteiger partial charge in [0, 0.05) is 54.6 Å². The summed E-state index contributed by atoms with van der Waals surface area (Å²) in [5, 5.41) is 11.8. The molecule has 3 aromatic carbocycles. The number of nitrogens with one attached hydrogen (secondary N) is 4. The first-order chi connectivity index (χ1) is 26.1. The summed E-state index contributed by atoms with van der Waals surface area (Å²) in [6.07, 6.45) is 6.08. The zero-order valence-corrected chi connectivity index (χ0v) is 32.8. The molecule has 2 atom stereocenters. The Labute approximate surface area is 323 Å². The number of likely N-dealkylation sites (N-methyl/N-ethyl adjacent to an activating group) is 2. The van der Waals surface area contributed by atoms with E-state index < -0.39 is 0 Å². The molecular formula is C40H54ClN5O8. The second kappa shape index (κ2) is 25.0. The topological polar surface area (TPSA) is 164 Å². The van der Waals surface area contributed by atoms with Crippen LogP contribution in [-0.4, -0.2) is 84.3 Å². The molecule has 3 aromatic rings. The van der Waals surface area contributed by atoms with Gasteiger partial charge in [-0.2, -0.15) is 0 Å². The van der Waals surface area contributed by atoms with Crippen molar-refractivity contribution in [2.75, 3.05) is 56.9 Å². The van der Waals surface area contributed by atoms with Crippen LogP contribution in [0.3, 0.4) is 0 Å². The van der Waals surface area contributed by atoms with E-state index in [1.165, 1.54) is 18.4 Å². The Morgan fingerprint density at radius 2 is 1.74 bits per heavy atom. The Hall–Kier alpha value is -5.14. The zero-order chi connectivity index (χ0) is 39.9. The number of nitrogens with zero attached hydrogens (tertiary/aromatic N) is 1. The van der Waals surface area contributed by atoms with Gasteiger partial charge >= 0.3 is 0 Å². The molecule has 0 radical (unpaired) electrons. The number of ether oxygens (including phenoxy) is 3. The number of carbonyl (C=O) groups excluding carboxylic acids is 5. The van der Waals surface area contributed by atoms with Gasteiger partial charge in [-0.05, 0) is 67.8 Å². The van der Waals surface area contributed by atoms with Crippen molar-refractivity contribution in [1.82, 2.24) is 10.6 Å². The van der Waals surface area contributed by atoms with E-state index in [0.29, 0.717) is 60.0 Å². The molecule has 1 heterocycles. The summed E-state index contributed by atoms with van der Waals surface area (Å²) >= 11 is 6.11. The quantitative estimate of drug-likeness (QED) is 0.0691. The molecule has 0 aromatic heterocycles. The van der Waals surface area contributed by atoms with Gasteiger partial charge in [-0.25, -0.2) is 0 Å². The maximum Gasteiger partial charge on any atom is 0.292 e. The molecule has 2 unspecified atom stereocenters. The van der Waals surface area contributed by atoms with Gasteiger partial charge in [0.15, 0.2) is 17.8 Å². The summed E-state index contributed by atoms with van der Waals surface area (Å²) in [5.41, 5.74) is 6.05. The van der Waals surface area contributed by atoms with Crippen LogP contribution < -0.4 is 35.6 Å². The summed E-state index contributed by atoms with van der Waals surface area (Å²) < 4.78 is 15.6. The summed E-state index contributed by atoms with van der Waals surface area (Å²) in [7, 11) is 6.68. The third-order valence-corrected chi connectivity index (χ3v) is 8.86. The number of unbranched alkanes of at least 4 members (excludes halogenated alkanes) is 2. The molecule has 0 fully saturated rings. The molecule has 0 bridgehead atoms. The number of carbonyl (C=O) groups is 5. The van der Waals surface area contributed by atoms with Crippen molar-refractivity contribution < 1.29 is 38.2 Å². The number of fused-ring (bicyclic) bond motifs is 1. The van der Waals surface area contributed by atoms with Gasteiger partial charge < -0.3 is 45.2 Å². The molecule has 2 amide bonds. The number of rotatable bonds is 19. The van der Waals surface area contributed by atoms with Crippen LogP contribution in [0.1, 0.15) is 66.6 Å². The first kappa shape index (κ1) is 45.0. The fourth-order valence-electron chi connectivity index (χ4n) is 5.47. The minimum atomic E-state index is -0.339. The maximum atomic E-state index is 12.4. The van der Waals surface area contributed by atoms with Crippen molar-refractivity contribution in [3.8, 4) is 11.5 Å². The molecular weight excluding hydrogens is 714 g/mol. The Morgan fingerprint density at radius 3 is 2.35 bits per heavy atom. The number of methoxy groups -OCH3 is 2. The predicted octanol–water partition coefficient (Wildman–Crippen LogP) is 5.52. The number of amides is 2. The lowest BCUT2D eigenvalue weighted by Gasteiger charge is -2.24. The molecule has 0 aliphatic carbocycles. The van der Waals surface area contributed by atoms with Crippen molar-refractivity contribution in [3.05, 3.63) is 76.9 Å². The standard InChI is InChI=1S/C30H35ClN4O4.C8H15NO2.C2H4O2/c1-19(32-2)30(37)34-24-10-20(15-31)9-21(11-24)18-39-29-14-26(23(17-36)13-28(29)38-4)33-16-25-12-22-7-5-6-8-27(22)35(25)3;1-2-3-4-5-8(11)9-6-7-10;1-4-2-3/h5-11,13-14,17,19,25,32-33H,12,15-16,18H2,1-4H3,(H,34,37);7H,2-6H2,1H3,(H,9,11);2H,1H3. The molecule has 14 heteroatoms. The van der Waals surface area contributed by atoms with Gasteiger partial charge in [-0.15, -0.1) is 11.6 Å². The molecule has 13 nitrogen and oxygen atoms in total. The Bertz CT molecular complexity index is 1660. The van der Waals surface area contributed by atoms with E-state index >= 15 is 0 Å². The fourth-order valence-corrected chi connectivity index (χ4v) is 5.62. The first-order valence-electron chi connectivity index (χ1n) is 17.8. The summed E-state index contributed by atoms with van der Waals surface area (Å²) in [6, 6.07) is 17.4. The average molecular weight is 768 g/mol. The molecule has 0 saturated heterocycles. The molecule has 1 aliphatic heterocycles. The number of benzene rings is 3. The van der Waals surface area contributed by atoms with Crippen molar-refractivity contribution in [3.63, 3.8) is 0 Å². The van der Waals surface area contributed by atoms with Crippen LogP contribution in [0.4, 0.5) is 17.1 Å². The number of aldehydes is 2. The minimum Gasteiger partial charge on any atom is -0.493 e. The van der Waals surface area contributed by atoms with Gasteiger partial charge in [-0.3, -0.25) is 19.2 Å². The molecule has 294 valence electrons. The summed E-state index contributed by atoms with van der Waals surface area (Å²) in [6.45, 7) is 5.26. The fraction of sp³-hybridized carbons (Fsp3) is 0.425. The third-order valence-electron chi connectivity index (χ3n) is 8.55. The molecule has 0 saturated carbocycles. The van der Waals surface area contributed by atoms with Crippen LogP contribution in [0.25, 0.3) is 0 Å². The van der Waals surface area contributed by atoms with Crippen molar-refractivity contribution in [2.45, 2.75) is 70.5 Å². The highest BCUT2D eigenvalue weighted by Crippen LogP contribution is 2.35. The van der Waals surface area contributed by atoms with Crippen LogP contribution in [0.5, 0.6) is 11.5 Å². The van der Waals surface area contributed by atoms with Crippen molar-refractivity contribution in [1.29, 1.82) is 0 Å². The van der Waals surface area contributed by atoms with Gasteiger partial charge in [0.1, 0.15) is 12.9 Å². The smallest absolute Gasteiger partial charge is 0.292 e. The van der Waals surface area contributed by atoms with Gasteiger partial charge in [0.05, 0.1) is 32.8 Å². The second-order valence-corrected chi connectivity index (χ2v) is 12.7. The highest BCUT2D eigenvalue weighted by Gasteiger charge is 2.26. The maximum absolute atomic E-state index is 12.4. The van der Waals surface area contributed by atoms with Crippen LogP contribution in [0, 0.1) is 0 Å². The molecule has 0 spiro atoms. The van der Waals surface area contributed by atoms with E-state index in [0.717, 1.165) is 43.1 Å². The Balaban J connectivity index is 0.000000567. The number of halogens is 1. The first-order valence-corrected chi connectivity index (χ1v) is 18.3. The number of anilines is 3. The van der Waals surface area contributed by atoms with Crippen molar-refractivity contribution in [2.24, 2.45) is 0 Å². The lowest BCUT2D eigenvalue weighted by atomic mass is 10.1. The van der Waals surface area contributed by atoms with Crippen LogP contribution in [0.2, 0.25) is 0 Å². The lowest BCUT2D eigenvalue weighted by molar-refractivity contribution is -0.126. The SMILES string of the molecule is CCCCCC(=O)NCC=O.CNC(C)C(=O)Nc1cc(CCl)cc(COc2cc(NCC3Cc4ccccc4N3C)c(C=O)cc2OC)c1.COC=O. The molecule has 54 heavy (non-hydrogen) atoms. The normalized spacial score (nSPS) is 13.0. The number of para-hydroxylation sites is 1. The van der Waals surface area contributed by atoms with Crippen LogP contribution in [0.15, 0.2) is 54.6 Å². The monoisotopic (exact) mass is 767 g/mol. The lowest BCUT2D eigenvalue weighted by Crippen LogP contribution is -2.35. The van der Waals surface area contributed by atoms with Gasteiger partial charge in [-0.1, -0.05) is 44.0 Å². The van der Waals surface area contributed by atoms with E-state index in [4.69, 9.17) is 25.9 Å². The van der Waals surface area contributed by atoms with Crippen molar-refractivity contribution >= 4 is 59.5 Å².